The Kier molecular flexibility index (Phi) is 6.62. The Bertz CT molecular complexity index is 1340. The van der Waals surface area contributed by atoms with Crippen molar-refractivity contribution in [1.29, 1.82) is 0 Å². The van der Waals surface area contributed by atoms with Crippen LogP contribution in [0.3, 0.4) is 0 Å². The molecule has 4 aromatic rings. The van der Waals surface area contributed by atoms with Gasteiger partial charge in [-0.3, -0.25) is 4.79 Å². The molecule has 0 bridgehead atoms. The number of nitrogens with one attached hydrogen (secondary N) is 4. The van der Waals surface area contributed by atoms with Gasteiger partial charge in [0.15, 0.2) is 0 Å². The lowest BCUT2D eigenvalue weighted by atomic mass is 9.95. The van der Waals surface area contributed by atoms with Crippen LogP contribution in [0.2, 0.25) is 0 Å². The second-order valence-electron chi connectivity index (χ2n) is 9.31. The molecule has 1 heterocycles. The number of amides is 3. The molecule has 0 radical (unpaired) electrons. The van der Waals surface area contributed by atoms with Crippen LogP contribution in [-0.2, 0) is 16.6 Å². The first-order valence-electron chi connectivity index (χ1n) is 12.2. The molecule has 0 spiro atoms. The van der Waals surface area contributed by atoms with Gasteiger partial charge in [0, 0.05) is 41.2 Å². The zero-order valence-corrected chi connectivity index (χ0v) is 20.2. The number of para-hydroxylation sites is 1. The van der Waals surface area contributed by atoms with Crippen LogP contribution in [0.4, 0.5) is 10.5 Å². The topological polar surface area (TPSA) is 95.2 Å². The van der Waals surface area contributed by atoms with E-state index in [1.807, 2.05) is 48.7 Å². The number of hydrogen-bond acceptors (Lipinski definition) is 3. The van der Waals surface area contributed by atoms with Crippen molar-refractivity contribution in [3.63, 3.8) is 0 Å². The molecule has 1 aromatic heterocycles. The fourth-order valence-corrected chi connectivity index (χ4v) is 4.62. The number of aromatic amines is 1. The van der Waals surface area contributed by atoms with E-state index in [1.165, 1.54) is 5.56 Å². The van der Waals surface area contributed by atoms with Crippen LogP contribution in [-0.4, -0.2) is 36.6 Å². The molecule has 5 rings (SSSR count). The van der Waals surface area contributed by atoms with E-state index in [9.17, 15) is 9.59 Å². The summed E-state index contributed by atoms with van der Waals surface area (Å²) in [6.45, 7) is 0.544. The standard InChI is InChI=1S/C29H30N4O3/c1-36-23-13-11-22(12-14-23)32-28(35)33-26(17-20-18-30-25-10-6-5-9-24(20)25)27(34)31-19-29(15-16-29)21-7-3-2-4-8-21/h2-14,18,26,30H,15-17,19H2,1H3,(H,31,34)(H2,32,33,35)/t26-/m0/s1. The van der Waals surface area contributed by atoms with Gasteiger partial charge in [0.05, 0.1) is 7.11 Å². The lowest BCUT2D eigenvalue weighted by Crippen LogP contribution is -2.50. The quantitative estimate of drug-likeness (QED) is 0.277. The number of anilines is 1. The number of H-pyrrole nitrogens is 1. The van der Waals surface area contributed by atoms with E-state index in [2.05, 4.69) is 33.1 Å². The zero-order valence-electron chi connectivity index (χ0n) is 20.2. The Morgan fingerprint density at radius 3 is 2.42 bits per heavy atom. The fourth-order valence-electron chi connectivity index (χ4n) is 4.62. The number of fused-ring (bicyclic) bond motifs is 1. The molecule has 1 aliphatic rings. The molecule has 184 valence electrons. The number of hydrogen-bond donors (Lipinski definition) is 4. The van der Waals surface area contributed by atoms with E-state index in [4.69, 9.17) is 4.74 Å². The third-order valence-corrected chi connectivity index (χ3v) is 6.91. The summed E-state index contributed by atoms with van der Waals surface area (Å²) in [5.74, 6) is 0.498. The highest BCUT2D eigenvalue weighted by molar-refractivity contribution is 5.94. The summed E-state index contributed by atoms with van der Waals surface area (Å²) in [6, 6.07) is 24.1. The lowest BCUT2D eigenvalue weighted by Gasteiger charge is -2.22. The minimum absolute atomic E-state index is 0.0202. The van der Waals surface area contributed by atoms with E-state index in [1.54, 1.807) is 31.4 Å². The normalized spacial score (nSPS) is 14.6. The second kappa shape index (κ2) is 10.2. The van der Waals surface area contributed by atoms with Gasteiger partial charge in [-0.1, -0.05) is 48.5 Å². The van der Waals surface area contributed by atoms with Gasteiger partial charge in [-0.2, -0.15) is 0 Å². The van der Waals surface area contributed by atoms with Gasteiger partial charge in [-0.15, -0.1) is 0 Å². The molecule has 0 saturated heterocycles. The molecule has 1 atom stereocenters. The largest absolute Gasteiger partial charge is 0.497 e. The summed E-state index contributed by atoms with van der Waals surface area (Å²) in [4.78, 5) is 29.5. The summed E-state index contributed by atoms with van der Waals surface area (Å²) >= 11 is 0. The minimum atomic E-state index is -0.742. The van der Waals surface area contributed by atoms with E-state index in [0.29, 0.717) is 24.4 Å². The summed E-state index contributed by atoms with van der Waals surface area (Å²) in [5, 5.41) is 9.86. The number of carbonyl (C=O) groups is 2. The van der Waals surface area contributed by atoms with Crippen molar-refractivity contribution in [1.82, 2.24) is 15.6 Å². The lowest BCUT2D eigenvalue weighted by molar-refractivity contribution is -0.123. The number of ether oxygens (including phenoxy) is 1. The smallest absolute Gasteiger partial charge is 0.319 e. The van der Waals surface area contributed by atoms with Gasteiger partial charge in [0.1, 0.15) is 11.8 Å². The maximum absolute atomic E-state index is 13.4. The number of aromatic nitrogens is 1. The van der Waals surface area contributed by atoms with Gasteiger partial charge < -0.3 is 25.7 Å². The molecule has 36 heavy (non-hydrogen) atoms. The summed E-state index contributed by atoms with van der Waals surface area (Å²) in [5.41, 5.74) is 3.80. The van der Waals surface area contributed by atoms with Gasteiger partial charge in [-0.05, 0) is 54.3 Å². The third kappa shape index (κ3) is 5.20. The highest BCUT2D eigenvalue weighted by Gasteiger charge is 2.44. The first-order chi connectivity index (χ1) is 17.6. The second-order valence-corrected chi connectivity index (χ2v) is 9.31. The van der Waals surface area contributed by atoms with Crippen molar-refractivity contribution >= 4 is 28.5 Å². The predicted molar refractivity (Wildman–Crippen MR) is 141 cm³/mol. The molecular formula is C29H30N4O3. The van der Waals surface area contributed by atoms with Crippen molar-refractivity contribution in [2.45, 2.75) is 30.7 Å². The van der Waals surface area contributed by atoms with Crippen molar-refractivity contribution in [2.75, 3.05) is 19.0 Å². The van der Waals surface area contributed by atoms with E-state index < -0.39 is 12.1 Å². The molecular weight excluding hydrogens is 452 g/mol. The minimum Gasteiger partial charge on any atom is -0.497 e. The molecule has 0 unspecified atom stereocenters. The van der Waals surface area contributed by atoms with Gasteiger partial charge in [-0.25, -0.2) is 4.79 Å². The average molecular weight is 483 g/mol. The molecule has 3 aromatic carbocycles. The number of benzene rings is 3. The third-order valence-electron chi connectivity index (χ3n) is 6.91. The maximum atomic E-state index is 13.4. The van der Waals surface area contributed by atoms with Crippen molar-refractivity contribution in [3.05, 3.63) is 96.2 Å². The van der Waals surface area contributed by atoms with Crippen LogP contribution in [0.1, 0.15) is 24.0 Å². The molecule has 7 nitrogen and oxygen atoms in total. The number of urea groups is 1. The van der Waals surface area contributed by atoms with Crippen LogP contribution in [0.25, 0.3) is 10.9 Å². The molecule has 0 aliphatic heterocycles. The predicted octanol–water partition coefficient (Wildman–Crippen LogP) is 4.76. The number of rotatable bonds is 9. The Morgan fingerprint density at radius 2 is 1.69 bits per heavy atom. The van der Waals surface area contributed by atoms with Crippen molar-refractivity contribution in [2.24, 2.45) is 0 Å². The first-order valence-corrected chi connectivity index (χ1v) is 12.2. The Morgan fingerprint density at radius 1 is 0.972 bits per heavy atom. The van der Waals surface area contributed by atoms with Crippen LogP contribution in [0, 0.1) is 0 Å². The van der Waals surface area contributed by atoms with Crippen LogP contribution >= 0.6 is 0 Å². The Balaban J connectivity index is 1.30. The first kappa shape index (κ1) is 23.5. The molecule has 1 fully saturated rings. The van der Waals surface area contributed by atoms with E-state index >= 15 is 0 Å². The Hall–Kier alpha value is -4.26. The number of carbonyl (C=O) groups excluding carboxylic acids is 2. The van der Waals surface area contributed by atoms with Crippen LogP contribution < -0.4 is 20.7 Å². The molecule has 4 N–H and O–H groups in total. The zero-order chi connectivity index (χ0) is 25.0. The van der Waals surface area contributed by atoms with Gasteiger partial charge in [0.2, 0.25) is 5.91 Å². The average Bonchev–Trinajstić information content (AvgIpc) is 3.61. The summed E-state index contributed by atoms with van der Waals surface area (Å²) in [7, 11) is 1.59. The van der Waals surface area contributed by atoms with E-state index in [-0.39, 0.29) is 11.3 Å². The van der Waals surface area contributed by atoms with Gasteiger partial charge in [0.25, 0.3) is 0 Å². The molecule has 3 amide bonds. The number of methoxy groups -OCH3 is 1. The molecule has 1 aliphatic carbocycles. The van der Waals surface area contributed by atoms with Crippen molar-refractivity contribution < 1.29 is 14.3 Å². The Labute approximate surface area is 210 Å². The van der Waals surface area contributed by atoms with Crippen molar-refractivity contribution in [3.8, 4) is 5.75 Å². The fraction of sp³-hybridized carbons (Fsp3) is 0.241. The maximum Gasteiger partial charge on any atom is 0.319 e. The highest BCUT2D eigenvalue weighted by atomic mass is 16.5. The van der Waals surface area contributed by atoms with Crippen LogP contribution in [0.5, 0.6) is 5.75 Å². The van der Waals surface area contributed by atoms with E-state index in [0.717, 1.165) is 29.3 Å². The molecule has 7 heteroatoms. The summed E-state index contributed by atoms with van der Waals surface area (Å²) < 4.78 is 5.17. The monoisotopic (exact) mass is 482 g/mol. The summed E-state index contributed by atoms with van der Waals surface area (Å²) in [6.07, 6.45) is 4.34. The van der Waals surface area contributed by atoms with Gasteiger partial charge >= 0.3 is 6.03 Å². The highest BCUT2D eigenvalue weighted by Crippen LogP contribution is 2.47. The SMILES string of the molecule is COc1ccc(NC(=O)N[C@@H](Cc2c[nH]c3ccccc23)C(=O)NCC2(c3ccccc3)CC2)cc1. The molecule has 1 saturated carbocycles. The van der Waals surface area contributed by atoms with Crippen LogP contribution in [0.15, 0.2) is 85.1 Å².